The third-order valence-corrected chi connectivity index (χ3v) is 13.2. The van der Waals surface area contributed by atoms with Gasteiger partial charge in [-0.05, 0) is 184 Å². The van der Waals surface area contributed by atoms with Gasteiger partial charge in [0.05, 0.1) is 25.0 Å². The number of benzene rings is 4. The number of ether oxygens (including phenoxy) is 4. The molecule has 4 aromatic carbocycles. The summed E-state index contributed by atoms with van der Waals surface area (Å²) >= 11 is 0. The van der Waals surface area contributed by atoms with E-state index in [4.69, 9.17) is 41.9 Å². The molecule has 0 aromatic heterocycles. The van der Waals surface area contributed by atoms with E-state index < -0.39 is 11.9 Å². The van der Waals surface area contributed by atoms with E-state index in [9.17, 15) is 19.2 Å². The number of rotatable bonds is 23. The number of anilines is 4. The van der Waals surface area contributed by atoms with Crippen LogP contribution < -0.4 is 32.4 Å². The zero-order valence-corrected chi connectivity index (χ0v) is 41.3. The normalized spacial score (nSPS) is 17.6. The maximum Gasteiger partial charge on any atom is 0.330 e. The lowest BCUT2D eigenvalue weighted by Crippen LogP contribution is -2.25. The van der Waals surface area contributed by atoms with Crippen LogP contribution in [0.1, 0.15) is 119 Å². The van der Waals surface area contributed by atoms with Gasteiger partial charge in [-0.15, -0.1) is 13.2 Å². The van der Waals surface area contributed by atoms with E-state index in [1.165, 1.54) is 44.3 Å². The van der Waals surface area contributed by atoms with Gasteiger partial charge in [0.15, 0.2) is 0 Å². The molecule has 0 saturated heterocycles. The second kappa shape index (κ2) is 29.8. The molecule has 12 heteroatoms. The molecule has 0 unspecified atom stereocenters. The van der Waals surface area contributed by atoms with Crippen molar-refractivity contribution in [3.05, 3.63) is 145 Å². The minimum atomic E-state index is -0.442. The molecule has 2 saturated carbocycles. The Morgan fingerprint density at radius 1 is 0.507 bits per heavy atom. The van der Waals surface area contributed by atoms with Crippen molar-refractivity contribution in [3.63, 3.8) is 0 Å². The average molecular weight is 967 g/mol. The summed E-state index contributed by atoms with van der Waals surface area (Å²) in [6, 6.07) is 24.7. The minimum Gasteiger partial charge on any atom is -0.462 e. The standard InChI is InChI=1S/C30H38N2O4.C29H36N2O4/c1-2-3-4-5-6-22-7-12-24(13-8-22)30(34)36-27-15-9-23(10-16-27)11-18-29(33)35-20-19-25-21-26(31)14-17-28(25)32;1-2-3-4-5-21-6-11-23(12-7-21)29(33)35-26-14-8-22(9-15-26)10-17-28(32)34-19-18-24-20-25(30)13-16-27(24)31/h2,9-11,14-18,21-22,24H,1,3-8,12-13,19-20,31-32H2;2,8-10,13-17,20-21,23H,1,3-7,11-12,18-19,30-31H2/b18-11+;17-10+. The number of esters is 4. The fraction of sp³-hybridized carbons (Fsp3) is 0.390. The summed E-state index contributed by atoms with van der Waals surface area (Å²) < 4.78 is 21.7. The van der Waals surface area contributed by atoms with Crippen molar-refractivity contribution < 1.29 is 38.1 Å². The highest BCUT2D eigenvalue weighted by molar-refractivity contribution is 5.87. The molecule has 0 atom stereocenters. The molecule has 6 rings (SSSR count). The molecular weight excluding hydrogens is 893 g/mol. The SMILES string of the molecule is C=CCCCC1CCC(C(=O)Oc2ccc(/C=C/C(=O)OCCc3cc(N)ccc3N)cc2)CC1.C=CCCCCC1CCC(C(=O)Oc2ccc(/C=C/C(=O)OCCc3cc(N)ccc3N)cc2)CC1. The molecule has 71 heavy (non-hydrogen) atoms. The van der Waals surface area contributed by atoms with Crippen molar-refractivity contribution in [1.29, 1.82) is 0 Å². The van der Waals surface area contributed by atoms with E-state index in [0.29, 0.717) is 53.0 Å². The van der Waals surface area contributed by atoms with Gasteiger partial charge in [0.25, 0.3) is 0 Å². The molecule has 0 aliphatic heterocycles. The average Bonchev–Trinajstić information content (AvgIpc) is 3.37. The number of nitrogens with two attached hydrogens (primary N) is 4. The Kier molecular flexibility index (Phi) is 23.1. The zero-order chi connectivity index (χ0) is 50.8. The first-order chi connectivity index (χ1) is 34.4. The van der Waals surface area contributed by atoms with Crippen LogP contribution in [0.2, 0.25) is 0 Å². The quantitative estimate of drug-likeness (QED) is 0.0137. The summed E-state index contributed by atoms with van der Waals surface area (Å²) in [6.45, 7) is 7.97. The summed E-state index contributed by atoms with van der Waals surface area (Å²) in [5.74, 6) is 1.25. The molecule has 12 nitrogen and oxygen atoms in total. The van der Waals surface area contributed by atoms with Crippen molar-refractivity contribution in [2.45, 2.75) is 109 Å². The van der Waals surface area contributed by atoms with Crippen LogP contribution in [-0.2, 0) is 41.5 Å². The molecule has 2 fully saturated rings. The Morgan fingerprint density at radius 3 is 1.31 bits per heavy atom. The van der Waals surface area contributed by atoms with Crippen LogP contribution >= 0.6 is 0 Å². The van der Waals surface area contributed by atoms with Gasteiger partial charge >= 0.3 is 23.9 Å². The van der Waals surface area contributed by atoms with Crippen LogP contribution in [0.3, 0.4) is 0 Å². The lowest BCUT2D eigenvalue weighted by molar-refractivity contribution is -0.141. The van der Waals surface area contributed by atoms with Gasteiger partial charge in [0.1, 0.15) is 11.5 Å². The fourth-order valence-electron chi connectivity index (χ4n) is 8.97. The van der Waals surface area contributed by atoms with Gasteiger partial charge in [0, 0.05) is 47.7 Å². The molecule has 0 radical (unpaired) electrons. The van der Waals surface area contributed by atoms with Crippen molar-refractivity contribution in [3.8, 4) is 11.5 Å². The number of nitrogen functional groups attached to an aromatic ring is 4. The van der Waals surface area contributed by atoms with E-state index in [1.807, 2.05) is 12.2 Å². The Balaban J connectivity index is 0.000000264. The van der Waals surface area contributed by atoms with Gasteiger partial charge in [-0.3, -0.25) is 9.59 Å². The number of hydrogen-bond acceptors (Lipinski definition) is 12. The van der Waals surface area contributed by atoms with Crippen LogP contribution in [0.15, 0.2) is 122 Å². The van der Waals surface area contributed by atoms with Gasteiger partial charge in [0.2, 0.25) is 0 Å². The first kappa shape index (κ1) is 54.9. The third-order valence-electron chi connectivity index (χ3n) is 13.2. The number of unbranched alkanes of at least 4 members (excludes halogenated alkanes) is 3. The number of carbonyl (C=O) groups is 4. The molecule has 4 aromatic rings. The van der Waals surface area contributed by atoms with Crippen LogP contribution in [0.25, 0.3) is 12.2 Å². The molecular formula is C59H74N4O8. The van der Waals surface area contributed by atoms with Crippen molar-refractivity contribution >= 4 is 58.8 Å². The molecule has 378 valence electrons. The Bertz CT molecular complexity index is 2390. The number of hydrogen-bond donors (Lipinski definition) is 4. The first-order valence-electron chi connectivity index (χ1n) is 25.2. The number of allylic oxidation sites excluding steroid dienone is 2. The zero-order valence-electron chi connectivity index (χ0n) is 41.3. The van der Waals surface area contributed by atoms with Crippen molar-refractivity contribution in [2.75, 3.05) is 36.1 Å². The smallest absolute Gasteiger partial charge is 0.330 e. The van der Waals surface area contributed by atoms with E-state index in [1.54, 1.807) is 97.1 Å². The summed E-state index contributed by atoms with van der Waals surface area (Å²) in [4.78, 5) is 49.2. The highest BCUT2D eigenvalue weighted by atomic mass is 16.5. The maximum absolute atomic E-state index is 12.6. The second-order valence-corrected chi connectivity index (χ2v) is 18.6. The van der Waals surface area contributed by atoms with Crippen LogP contribution in [-0.4, -0.2) is 37.1 Å². The predicted octanol–water partition coefficient (Wildman–Crippen LogP) is 11.8. The van der Waals surface area contributed by atoms with E-state index >= 15 is 0 Å². The lowest BCUT2D eigenvalue weighted by Gasteiger charge is -2.27. The predicted molar refractivity (Wildman–Crippen MR) is 286 cm³/mol. The lowest BCUT2D eigenvalue weighted by atomic mass is 9.80. The molecule has 2 aliphatic rings. The third kappa shape index (κ3) is 20.0. The van der Waals surface area contributed by atoms with Crippen molar-refractivity contribution in [1.82, 2.24) is 0 Å². The largest absolute Gasteiger partial charge is 0.462 e. The minimum absolute atomic E-state index is 0.0218. The molecule has 0 amide bonds. The summed E-state index contributed by atoms with van der Waals surface area (Å²) in [5, 5.41) is 0. The summed E-state index contributed by atoms with van der Waals surface area (Å²) in [6.07, 6.45) is 27.2. The van der Waals surface area contributed by atoms with Gasteiger partial charge in [-0.2, -0.15) is 0 Å². The fourth-order valence-corrected chi connectivity index (χ4v) is 8.97. The highest BCUT2D eigenvalue weighted by Crippen LogP contribution is 2.34. The van der Waals surface area contributed by atoms with Gasteiger partial charge in [-0.25, -0.2) is 9.59 Å². The summed E-state index contributed by atoms with van der Waals surface area (Å²) in [5.41, 5.74) is 29.2. The number of carbonyl (C=O) groups excluding carboxylic acids is 4. The van der Waals surface area contributed by atoms with Gasteiger partial charge < -0.3 is 41.9 Å². The molecule has 0 bridgehead atoms. The second-order valence-electron chi connectivity index (χ2n) is 18.6. The molecule has 8 N–H and O–H groups in total. The Hall–Kier alpha value is -7.08. The van der Waals surface area contributed by atoms with E-state index in [0.717, 1.165) is 92.4 Å². The Morgan fingerprint density at radius 2 is 0.901 bits per heavy atom. The van der Waals surface area contributed by atoms with E-state index in [-0.39, 0.29) is 37.0 Å². The molecule has 2 aliphatic carbocycles. The van der Waals surface area contributed by atoms with Gasteiger partial charge in [-0.1, -0.05) is 55.7 Å². The first-order valence-corrected chi connectivity index (χ1v) is 25.2. The van der Waals surface area contributed by atoms with Crippen LogP contribution in [0.5, 0.6) is 11.5 Å². The Labute approximate surface area is 420 Å². The molecule has 0 spiro atoms. The summed E-state index contributed by atoms with van der Waals surface area (Å²) in [7, 11) is 0. The molecule has 0 heterocycles. The maximum atomic E-state index is 12.6. The van der Waals surface area contributed by atoms with Crippen molar-refractivity contribution in [2.24, 2.45) is 23.7 Å². The highest BCUT2D eigenvalue weighted by Gasteiger charge is 2.29. The van der Waals surface area contributed by atoms with E-state index in [2.05, 4.69) is 13.2 Å². The van der Waals surface area contributed by atoms with Crippen LogP contribution in [0.4, 0.5) is 22.7 Å². The topological polar surface area (TPSA) is 209 Å². The monoisotopic (exact) mass is 967 g/mol. The van der Waals surface area contributed by atoms with Crippen LogP contribution in [0, 0.1) is 23.7 Å².